The highest BCUT2D eigenvalue weighted by Crippen LogP contribution is 2.32. The van der Waals surface area contributed by atoms with Crippen LogP contribution in [0.5, 0.6) is 5.75 Å². The van der Waals surface area contributed by atoms with Gasteiger partial charge in [-0.1, -0.05) is 25.1 Å². The molecule has 0 bridgehead atoms. The number of nitrogens with zero attached hydrogens (tertiary/aromatic N) is 1. The van der Waals surface area contributed by atoms with Crippen molar-refractivity contribution in [3.05, 3.63) is 59.0 Å². The first-order chi connectivity index (χ1) is 14.9. The molecule has 2 aromatic rings. The van der Waals surface area contributed by atoms with Gasteiger partial charge in [0.25, 0.3) is 11.1 Å². The van der Waals surface area contributed by atoms with Crippen LogP contribution >= 0.6 is 23.5 Å². The van der Waals surface area contributed by atoms with Crippen LogP contribution < -0.4 is 10.1 Å². The van der Waals surface area contributed by atoms with Crippen LogP contribution in [0.15, 0.2) is 58.3 Å². The molecule has 0 aliphatic carbocycles. The average Bonchev–Trinajstić information content (AvgIpc) is 3.02. The topological polar surface area (TPSA) is 75.7 Å². The van der Waals surface area contributed by atoms with Crippen molar-refractivity contribution in [1.82, 2.24) is 4.90 Å². The number of benzene rings is 2. The summed E-state index contributed by atoms with van der Waals surface area (Å²) in [4.78, 5) is 39.6. The Morgan fingerprint density at radius 2 is 1.97 bits per heavy atom. The number of imide groups is 1. The number of carbonyl (C=O) groups excluding carboxylic acids is 3. The SMILES string of the molecule is CC[C@@H](C)Oc1ccc(/C=C2\SC(=O)N(CC(=O)Nc3cccc(SC)c3)C2=O)cc1. The van der Waals surface area contributed by atoms with Gasteiger partial charge in [-0.05, 0) is 73.3 Å². The number of rotatable bonds is 8. The summed E-state index contributed by atoms with van der Waals surface area (Å²) in [5, 5.41) is 2.28. The summed E-state index contributed by atoms with van der Waals surface area (Å²) in [7, 11) is 0. The van der Waals surface area contributed by atoms with Gasteiger partial charge in [-0.3, -0.25) is 19.3 Å². The van der Waals surface area contributed by atoms with E-state index in [1.807, 2.05) is 55.6 Å². The van der Waals surface area contributed by atoms with E-state index >= 15 is 0 Å². The third-order valence-electron chi connectivity index (χ3n) is 4.62. The Morgan fingerprint density at radius 3 is 2.65 bits per heavy atom. The summed E-state index contributed by atoms with van der Waals surface area (Å²) >= 11 is 2.39. The maximum absolute atomic E-state index is 12.7. The van der Waals surface area contributed by atoms with E-state index in [9.17, 15) is 14.4 Å². The van der Waals surface area contributed by atoms with Crippen LogP contribution in [-0.2, 0) is 9.59 Å². The number of hydrogen-bond acceptors (Lipinski definition) is 6. The molecule has 1 atom stereocenters. The second kappa shape index (κ2) is 10.5. The molecule has 1 fully saturated rings. The Kier molecular flexibility index (Phi) is 7.81. The normalized spacial score (nSPS) is 16.0. The number of hydrogen-bond donors (Lipinski definition) is 1. The van der Waals surface area contributed by atoms with Crippen molar-refractivity contribution >= 4 is 52.3 Å². The van der Waals surface area contributed by atoms with Gasteiger partial charge < -0.3 is 10.1 Å². The molecule has 6 nitrogen and oxygen atoms in total. The molecular formula is C23H24N2O4S2. The smallest absolute Gasteiger partial charge is 0.294 e. The van der Waals surface area contributed by atoms with E-state index in [0.29, 0.717) is 5.69 Å². The van der Waals surface area contributed by atoms with E-state index in [0.717, 1.165) is 39.3 Å². The predicted molar refractivity (Wildman–Crippen MR) is 126 cm³/mol. The first-order valence-electron chi connectivity index (χ1n) is 9.85. The van der Waals surface area contributed by atoms with Gasteiger partial charge in [-0.25, -0.2) is 0 Å². The highest BCUT2D eigenvalue weighted by Gasteiger charge is 2.36. The van der Waals surface area contributed by atoms with Crippen molar-refractivity contribution < 1.29 is 19.1 Å². The molecule has 1 aliphatic heterocycles. The number of carbonyl (C=O) groups is 3. The monoisotopic (exact) mass is 456 g/mol. The molecule has 0 spiro atoms. The zero-order valence-electron chi connectivity index (χ0n) is 17.6. The fraction of sp³-hybridized carbons (Fsp3) is 0.261. The number of amides is 3. The fourth-order valence-electron chi connectivity index (χ4n) is 2.79. The Labute approximate surface area is 190 Å². The van der Waals surface area contributed by atoms with Crippen LogP contribution in [0.2, 0.25) is 0 Å². The third kappa shape index (κ3) is 6.15. The molecule has 0 unspecified atom stereocenters. The molecule has 31 heavy (non-hydrogen) atoms. The molecule has 162 valence electrons. The van der Waals surface area contributed by atoms with Gasteiger partial charge >= 0.3 is 0 Å². The van der Waals surface area contributed by atoms with Crippen molar-refractivity contribution in [2.24, 2.45) is 0 Å². The van der Waals surface area contributed by atoms with Gasteiger partial charge in [-0.2, -0.15) is 0 Å². The van der Waals surface area contributed by atoms with E-state index in [2.05, 4.69) is 12.2 Å². The fourth-order valence-corrected chi connectivity index (χ4v) is 4.09. The van der Waals surface area contributed by atoms with Crippen LogP contribution in [0.1, 0.15) is 25.8 Å². The highest BCUT2D eigenvalue weighted by molar-refractivity contribution is 8.18. The van der Waals surface area contributed by atoms with Crippen LogP contribution in [0, 0.1) is 0 Å². The molecule has 2 aromatic carbocycles. The highest BCUT2D eigenvalue weighted by atomic mass is 32.2. The lowest BCUT2D eigenvalue weighted by Crippen LogP contribution is -2.36. The van der Waals surface area contributed by atoms with E-state index in [1.165, 1.54) is 0 Å². The molecule has 3 rings (SSSR count). The minimum Gasteiger partial charge on any atom is -0.491 e. The van der Waals surface area contributed by atoms with Crippen LogP contribution in [0.3, 0.4) is 0 Å². The Balaban J connectivity index is 1.64. The lowest BCUT2D eigenvalue weighted by molar-refractivity contribution is -0.127. The Bertz CT molecular complexity index is 1000. The van der Waals surface area contributed by atoms with E-state index in [-0.39, 0.29) is 17.6 Å². The van der Waals surface area contributed by atoms with E-state index in [1.54, 1.807) is 23.9 Å². The van der Waals surface area contributed by atoms with Gasteiger partial charge in [0.1, 0.15) is 12.3 Å². The molecule has 3 amide bonds. The summed E-state index contributed by atoms with van der Waals surface area (Å²) in [6.07, 6.45) is 4.63. The molecule has 8 heteroatoms. The Morgan fingerprint density at radius 1 is 1.23 bits per heavy atom. The summed E-state index contributed by atoms with van der Waals surface area (Å²) < 4.78 is 5.75. The lowest BCUT2D eigenvalue weighted by Gasteiger charge is -2.13. The predicted octanol–water partition coefficient (Wildman–Crippen LogP) is 5.26. The van der Waals surface area contributed by atoms with Gasteiger partial charge in [0.2, 0.25) is 5.91 Å². The van der Waals surface area contributed by atoms with Crippen LogP contribution in [0.4, 0.5) is 10.5 Å². The van der Waals surface area contributed by atoms with Crippen molar-refractivity contribution in [3.8, 4) is 5.75 Å². The molecule has 0 aromatic heterocycles. The molecule has 1 N–H and O–H groups in total. The van der Waals surface area contributed by atoms with Gasteiger partial charge in [0.05, 0.1) is 11.0 Å². The summed E-state index contributed by atoms with van der Waals surface area (Å²) in [5.41, 5.74) is 1.40. The van der Waals surface area contributed by atoms with Gasteiger partial charge in [-0.15, -0.1) is 11.8 Å². The maximum atomic E-state index is 12.7. The van der Waals surface area contributed by atoms with Crippen molar-refractivity contribution in [3.63, 3.8) is 0 Å². The minimum absolute atomic E-state index is 0.122. The number of ether oxygens (including phenoxy) is 1. The first kappa shape index (κ1) is 23.0. The third-order valence-corrected chi connectivity index (χ3v) is 6.25. The molecule has 0 saturated carbocycles. The second-order valence-corrected chi connectivity index (χ2v) is 8.83. The maximum Gasteiger partial charge on any atom is 0.294 e. The van der Waals surface area contributed by atoms with Gasteiger partial charge in [0, 0.05) is 10.6 Å². The molecular weight excluding hydrogens is 432 g/mol. The minimum atomic E-state index is -0.469. The number of thioether (sulfide) groups is 2. The molecule has 1 heterocycles. The molecule has 0 radical (unpaired) electrons. The largest absolute Gasteiger partial charge is 0.491 e. The zero-order chi connectivity index (χ0) is 22.4. The van der Waals surface area contributed by atoms with Gasteiger partial charge in [0.15, 0.2) is 0 Å². The van der Waals surface area contributed by atoms with Crippen molar-refractivity contribution in [2.75, 3.05) is 18.1 Å². The van der Waals surface area contributed by atoms with Crippen LogP contribution in [0.25, 0.3) is 6.08 Å². The van der Waals surface area contributed by atoms with E-state index in [4.69, 9.17) is 4.74 Å². The van der Waals surface area contributed by atoms with Crippen molar-refractivity contribution in [1.29, 1.82) is 0 Å². The average molecular weight is 457 g/mol. The summed E-state index contributed by atoms with van der Waals surface area (Å²) in [6.45, 7) is 3.73. The van der Waals surface area contributed by atoms with Crippen molar-refractivity contribution in [2.45, 2.75) is 31.3 Å². The molecule has 1 aliphatic rings. The second-order valence-electron chi connectivity index (χ2n) is 6.95. The first-order valence-corrected chi connectivity index (χ1v) is 11.9. The van der Waals surface area contributed by atoms with E-state index < -0.39 is 17.1 Å². The van der Waals surface area contributed by atoms with Crippen LogP contribution in [-0.4, -0.2) is 40.9 Å². The number of nitrogens with one attached hydrogen (secondary N) is 1. The quantitative estimate of drug-likeness (QED) is 0.431. The Hall–Kier alpha value is -2.71. The zero-order valence-corrected chi connectivity index (χ0v) is 19.2. The summed E-state index contributed by atoms with van der Waals surface area (Å²) in [5.74, 6) is -0.141. The summed E-state index contributed by atoms with van der Waals surface area (Å²) in [6, 6.07) is 14.7. The molecule has 1 saturated heterocycles. The number of anilines is 1. The lowest BCUT2D eigenvalue weighted by atomic mass is 10.2. The standard InChI is InChI=1S/C23H24N2O4S2/c1-4-15(2)29-18-10-8-16(9-11-18)12-20-22(27)25(23(28)31-20)14-21(26)24-17-6-5-7-19(13-17)30-3/h5-13,15H,4,14H2,1-3H3,(H,24,26)/b20-12-/t15-/m1/s1.